The van der Waals surface area contributed by atoms with Crippen molar-refractivity contribution in [1.29, 1.82) is 0 Å². The average Bonchev–Trinajstić information content (AvgIpc) is 3.33. The smallest absolute Gasteiger partial charge is 0.252 e. The molecular weight excluding hydrogens is 379 g/mol. The molecule has 0 saturated carbocycles. The second-order valence-electron chi connectivity index (χ2n) is 6.50. The molecule has 0 radical (unpaired) electrons. The van der Waals surface area contributed by atoms with Gasteiger partial charge in [0.1, 0.15) is 0 Å². The SMILES string of the molecule is O=C(NCC1CCCO1)c1cc(Cl)c(Cl)cc1C(=O)NCC1CCCO1. The number of amides is 2. The fraction of sp³-hybridized carbons (Fsp3) is 0.556. The fourth-order valence-corrected chi connectivity index (χ4v) is 3.46. The minimum Gasteiger partial charge on any atom is -0.376 e. The first-order valence-electron chi connectivity index (χ1n) is 8.83. The van der Waals surface area contributed by atoms with Crippen LogP contribution in [0, 0.1) is 0 Å². The number of halogens is 2. The van der Waals surface area contributed by atoms with Crippen LogP contribution in [0.1, 0.15) is 46.4 Å². The summed E-state index contributed by atoms with van der Waals surface area (Å²) in [6.07, 6.45) is 3.83. The lowest BCUT2D eigenvalue weighted by Gasteiger charge is -2.15. The van der Waals surface area contributed by atoms with Crippen LogP contribution in [0.2, 0.25) is 10.0 Å². The van der Waals surface area contributed by atoms with E-state index >= 15 is 0 Å². The van der Waals surface area contributed by atoms with E-state index in [1.165, 1.54) is 12.1 Å². The molecule has 6 nitrogen and oxygen atoms in total. The van der Waals surface area contributed by atoms with E-state index in [1.807, 2.05) is 0 Å². The normalized spacial score (nSPS) is 22.4. The molecule has 142 valence electrons. The number of rotatable bonds is 6. The van der Waals surface area contributed by atoms with Gasteiger partial charge >= 0.3 is 0 Å². The zero-order valence-corrected chi connectivity index (χ0v) is 15.9. The average molecular weight is 401 g/mol. The molecule has 1 aromatic rings. The summed E-state index contributed by atoms with van der Waals surface area (Å²) in [5, 5.41) is 6.07. The van der Waals surface area contributed by atoms with Crippen LogP contribution in [0.5, 0.6) is 0 Å². The molecule has 0 bridgehead atoms. The van der Waals surface area contributed by atoms with Crippen molar-refractivity contribution in [3.8, 4) is 0 Å². The molecule has 2 unspecified atom stereocenters. The Labute approximate surface area is 162 Å². The number of hydrogen-bond acceptors (Lipinski definition) is 4. The van der Waals surface area contributed by atoms with Crippen LogP contribution in [-0.2, 0) is 9.47 Å². The van der Waals surface area contributed by atoms with E-state index in [-0.39, 0.29) is 45.2 Å². The van der Waals surface area contributed by atoms with Crippen LogP contribution in [0.25, 0.3) is 0 Å². The molecule has 2 fully saturated rings. The lowest BCUT2D eigenvalue weighted by Crippen LogP contribution is -2.35. The summed E-state index contributed by atoms with van der Waals surface area (Å²) in [4.78, 5) is 25.2. The van der Waals surface area contributed by atoms with Gasteiger partial charge in [-0.1, -0.05) is 23.2 Å². The molecule has 2 aliphatic heterocycles. The highest BCUT2D eigenvalue weighted by Gasteiger charge is 2.23. The molecule has 2 amide bonds. The predicted molar refractivity (Wildman–Crippen MR) is 99.1 cm³/mol. The van der Waals surface area contributed by atoms with Gasteiger partial charge in [0, 0.05) is 26.3 Å². The third kappa shape index (κ3) is 4.88. The molecule has 2 heterocycles. The third-order valence-corrected chi connectivity index (χ3v) is 5.30. The Morgan fingerprint density at radius 3 is 1.65 bits per heavy atom. The first-order chi connectivity index (χ1) is 12.5. The molecule has 8 heteroatoms. The first-order valence-corrected chi connectivity index (χ1v) is 9.59. The number of nitrogens with one attached hydrogen (secondary N) is 2. The quantitative estimate of drug-likeness (QED) is 0.769. The van der Waals surface area contributed by atoms with E-state index in [4.69, 9.17) is 32.7 Å². The standard InChI is InChI=1S/C18H22Cl2N2O4/c19-15-7-13(17(23)21-9-11-3-1-5-25-11)14(8-16(15)20)18(24)22-10-12-4-2-6-26-12/h7-8,11-12H,1-6,9-10H2,(H,21,23)(H,22,24). The maximum atomic E-state index is 12.6. The number of benzene rings is 1. The van der Waals surface area contributed by atoms with Crippen LogP contribution in [0.3, 0.4) is 0 Å². The molecule has 2 saturated heterocycles. The number of carbonyl (C=O) groups is 2. The van der Waals surface area contributed by atoms with E-state index < -0.39 is 0 Å². The summed E-state index contributed by atoms with van der Waals surface area (Å²) in [6.45, 7) is 2.22. The monoisotopic (exact) mass is 400 g/mol. The predicted octanol–water partition coefficient (Wildman–Crippen LogP) is 2.81. The Balaban J connectivity index is 1.69. The summed E-state index contributed by atoms with van der Waals surface area (Å²) in [5.41, 5.74) is 0.393. The molecule has 2 N–H and O–H groups in total. The Bertz CT molecular complexity index is 614. The lowest BCUT2D eigenvalue weighted by atomic mass is 10.1. The van der Waals surface area contributed by atoms with Crippen molar-refractivity contribution in [3.63, 3.8) is 0 Å². The Kier molecular flexibility index (Phi) is 6.75. The van der Waals surface area contributed by atoms with Gasteiger partial charge in [-0.25, -0.2) is 0 Å². The molecular formula is C18H22Cl2N2O4. The summed E-state index contributed by atoms with van der Waals surface area (Å²) >= 11 is 12.1. The maximum Gasteiger partial charge on any atom is 0.252 e. The third-order valence-electron chi connectivity index (χ3n) is 4.58. The number of ether oxygens (including phenoxy) is 2. The fourth-order valence-electron chi connectivity index (χ4n) is 3.14. The van der Waals surface area contributed by atoms with E-state index in [0.29, 0.717) is 26.3 Å². The van der Waals surface area contributed by atoms with Gasteiger partial charge in [0.2, 0.25) is 0 Å². The molecule has 2 aliphatic rings. The summed E-state index contributed by atoms with van der Waals surface area (Å²) < 4.78 is 11.0. The van der Waals surface area contributed by atoms with Gasteiger partial charge < -0.3 is 20.1 Å². The van der Waals surface area contributed by atoms with Crippen molar-refractivity contribution < 1.29 is 19.1 Å². The highest BCUT2D eigenvalue weighted by Crippen LogP contribution is 2.26. The van der Waals surface area contributed by atoms with E-state index in [0.717, 1.165) is 25.7 Å². The van der Waals surface area contributed by atoms with Crippen LogP contribution in [-0.4, -0.2) is 50.3 Å². The van der Waals surface area contributed by atoms with Crippen molar-refractivity contribution in [2.45, 2.75) is 37.9 Å². The van der Waals surface area contributed by atoms with Crippen LogP contribution in [0.4, 0.5) is 0 Å². The number of carbonyl (C=O) groups excluding carboxylic acids is 2. The zero-order valence-electron chi connectivity index (χ0n) is 14.4. The Morgan fingerprint density at radius 2 is 1.31 bits per heavy atom. The molecule has 0 spiro atoms. The molecule has 0 aromatic heterocycles. The van der Waals surface area contributed by atoms with Gasteiger partial charge in [-0.2, -0.15) is 0 Å². The molecule has 26 heavy (non-hydrogen) atoms. The minimum absolute atomic E-state index is 0.0125. The largest absolute Gasteiger partial charge is 0.376 e. The van der Waals surface area contributed by atoms with Gasteiger partial charge in [-0.05, 0) is 37.8 Å². The minimum atomic E-state index is -0.374. The van der Waals surface area contributed by atoms with Gasteiger partial charge in [0.25, 0.3) is 11.8 Å². The highest BCUT2D eigenvalue weighted by molar-refractivity contribution is 6.42. The van der Waals surface area contributed by atoms with Gasteiger partial charge in [-0.15, -0.1) is 0 Å². The van der Waals surface area contributed by atoms with Gasteiger partial charge in [0.05, 0.1) is 33.4 Å². The molecule has 3 rings (SSSR count). The second-order valence-corrected chi connectivity index (χ2v) is 7.32. The second kappa shape index (κ2) is 9.04. The zero-order chi connectivity index (χ0) is 18.5. The summed E-state index contributed by atoms with van der Waals surface area (Å²) in [6, 6.07) is 2.85. The van der Waals surface area contributed by atoms with Crippen molar-refractivity contribution in [1.82, 2.24) is 10.6 Å². The van der Waals surface area contributed by atoms with Crippen molar-refractivity contribution in [2.75, 3.05) is 26.3 Å². The van der Waals surface area contributed by atoms with E-state index in [1.54, 1.807) is 0 Å². The van der Waals surface area contributed by atoms with Crippen molar-refractivity contribution in [3.05, 3.63) is 33.3 Å². The Hall–Kier alpha value is -1.34. The van der Waals surface area contributed by atoms with Gasteiger partial charge in [0.15, 0.2) is 0 Å². The van der Waals surface area contributed by atoms with E-state index in [2.05, 4.69) is 10.6 Å². The van der Waals surface area contributed by atoms with E-state index in [9.17, 15) is 9.59 Å². The van der Waals surface area contributed by atoms with Crippen molar-refractivity contribution in [2.24, 2.45) is 0 Å². The molecule has 1 aromatic carbocycles. The highest BCUT2D eigenvalue weighted by atomic mass is 35.5. The Morgan fingerprint density at radius 1 is 0.885 bits per heavy atom. The van der Waals surface area contributed by atoms with Crippen LogP contribution in [0.15, 0.2) is 12.1 Å². The first kappa shape index (κ1) is 19.4. The summed E-state index contributed by atoms with van der Waals surface area (Å²) in [5.74, 6) is -0.748. The van der Waals surface area contributed by atoms with Crippen LogP contribution >= 0.6 is 23.2 Å². The maximum absolute atomic E-state index is 12.6. The number of hydrogen-bond donors (Lipinski definition) is 2. The topological polar surface area (TPSA) is 76.7 Å². The van der Waals surface area contributed by atoms with Crippen LogP contribution < -0.4 is 10.6 Å². The van der Waals surface area contributed by atoms with Crippen molar-refractivity contribution >= 4 is 35.0 Å². The molecule has 2 atom stereocenters. The van der Waals surface area contributed by atoms with Gasteiger partial charge in [-0.3, -0.25) is 9.59 Å². The molecule has 0 aliphatic carbocycles. The lowest BCUT2D eigenvalue weighted by molar-refractivity contribution is 0.0832. The summed E-state index contributed by atoms with van der Waals surface area (Å²) in [7, 11) is 0.